The van der Waals surface area contributed by atoms with Gasteiger partial charge in [0.15, 0.2) is 0 Å². The van der Waals surface area contributed by atoms with Crippen LogP contribution in [0.15, 0.2) is 23.1 Å². The van der Waals surface area contributed by atoms with Gasteiger partial charge in [0.05, 0.1) is 21.5 Å². The number of nitro benzene ring substituents is 1. The molecule has 2 rings (SSSR count). The predicted molar refractivity (Wildman–Crippen MR) is 77.5 cm³/mol. The van der Waals surface area contributed by atoms with Gasteiger partial charge in [-0.2, -0.15) is 0 Å². The van der Waals surface area contributed by atoms with Gasteiger partial charge >= 0.3 is 5.69 Å². The van der Waals surface area contributed by atoms with Crippen LogP contribution in [-0.4, -0.2) is 33.1 Å². The molecule has 0 aliphatic rings. The van der Waals surface area contributed by atoms with E-state index >= 15 is 0 Å². The van der Waals surface area contributed by atoms with Crippen molar-refractivity contribution in [2.45, 2.75) is 0 Å². The zero-order chi connectivity index (χ0) is 15.0. The lowest BCUT2D eigenvalue weighted by Crippen LogP contribution is -2.19. The summed E-state index contributed by atoms with van der Waals surface area (Å²) in [6, 6.07) is 3.10. The molecule has 0 N–H and O–H groups in total. The third-order valence-corrected chi connectivity index (χ3v) is 3.17. The Hall–Kier alpha value is -2.57. The molecular weight excluding hydrogens is 260 g/mol. The summed E-state index contributed by atoms with van der Waals surface area (Å²) in [6.45, 7) is 0. The molecule has 0 atom stereocenters. The third kappa shape index (κ3) is 2.18. The smallest absolute Gasteiger partial charge is 0.328 e. The Labute approximate surface area is 115 Å². The van der Waals surface area contributed by atoms with Gasteiger partial charge in [0.25, 0.3) is 5.69 Å². The quantitative estimate of drug-likeness (QED) is 0.626. The molecule has 106 valence electrons. The maximum atomic E-state index is 11.9. The van der Waals surface area contributed by atoms with Gasteiger partial charge in [0.1, 0.15) is 0 Å². The van der Waals surface area contributed by atoms with Crippen LogP contribution in [0.2, 0.25) is 0 Å². The first-order valence-electron chi connectivity index (χ1n) is 6.01. The highest BCUT2D eigenvalue weighted by atomic mass is 16.6. The molecule has 2 aromatic rings. The Morgan fingerprint density at radius 1 is 1.20 bits per heavy atom. The molecule has 0 saturated heterocycles. The van der Waals surface area contributed by atoms with Gasteiger partial charge in [-0.1, -0.05) is 0 Å². The van der Waals surface area contributed by atoms with Gasteiger partial charge < -0.3 is 4.90 Å². The van der Waals surface area contributed by atoms with Gasteiger partial charge in [0.2, 0.25) is 0 Å². The number of nitro groups is 1. The van der Waals surface area contributed by atoms with Gasteiger partial charge in [-0.3, -0.25) is 19.2 Å². The number of aryl methyl sites for hydroxylation is 2. The minimum absolute atomic E-state index is 0.0169. The van der Waals surface area contributed by atoms with Crippen molar-refractivity contribution in [1.82, 2.24) is 14.0 Å². The molecular formula is C13H16N4O3. The maximum absolute atomic E-state index is 11.9. The largest absolute Gasteiger partial charge is 0.383 e. The molecule has 7 nitrogen and oxygen atoms in total. The standard InChI is InChI=1S/C13H16N4O3/c1-14(2)6-5-9-7-11-12(8-10(9)17(19)20)16(4)13(18)15(11)3/h5-8H,1-4H3. The second-order valence-electron chi connectivity index (χ2n) is 4.84. The van der Waals surface area contributed by atoms with Crippen LogP contribution in [0.1, 0.15) is 5.56 Å². The van der Waals surface area contributed by atoms with Crippen molar-refractivity contribution in [2.24, 2.45) is 14.1 Å². The van der Waals surface area contributed by atoms with E-state index in [9.17, 15) is 14.9 Å². The minimum atomic E-state index is -0.438. The van der Waals surface area contributed by atoms with E-state index in [1.165, 1.54) is 15.2 Å². The van der Waals surface area contributed by atoms with Crippen LogP contribution in [-0.2, 0) is 14.1 Å². The first kappa shape index (κ1) is 13.9. The first-order valence-corrected chi connectivity index (χ1v) is 6.01. The van der Waals surface area contributed by atoms with Crippen molar-refractivity contribution in [3.05, 3.63) is 44.5 Å². The number of nitrogens with zero attached hydrogens (tertiary/aromatic N) is 4. The van der Waals surface area contributed by atoms with Crippen LogP contribution in [0.5, 0.6) is 0 Å². The highest BCUT2D eigenvalue weighted by Crippen LogP contribution is 2.26. The lowest BCUT2D eigenvalue weighted by molar-refractivity contribution is -0.385. The van der Waals surface area contributed by atoms with Crippen LogP contribution in [0.25, 0.3) is 17.1 Å². The molecule has 0 bridgehead atoms. The van der Waals surface area contributed by atoms with Crippen molar-refractivity contribution < 1.29 is 4.92 Å². The topological polar surface area (TPSA) is 73.3 Å². The summed E-state index contributed by atoms with van der Waals surface area (Å²) in [5, 5.41) is 11.2. The molecule has 0 spiro atoms. The minimum Gasteiger partial charge on any atom is -0.383 e. The zero-order valence-corrected chi connectivity index (χ0v) is 11.8. The summed E-state index contributed by atoms with van der Waals surface area (Å²) in [7, 11) is 6.91. The number of hydrogen-bond acceptors (Lipinski definition) is 4. The fourth-order valence-corrected chi connectivity index (χ4v) is 2.07. The lowest BCUT2D eigenvalue weighted by Gasteiger charge is -2.04. The molecule has 0 aliphatic heterocycles. The van der Waals surface area contributed by atoms with E-state index < -0.39 is 4.92 Å². The van der Waals surface area contributed by atoms with E-state index in [0.29, 0.717) is 16.6 Å². The fraction of sp³-hybridized carbons (Fsp3) is 0.308. The number of imidazole rings is 1. The molecule has 0 aliphatic carbocycles. The normalized spacial score (nSPS) is 11.4. The zero-order valence-electron chi connectivity index (χ0n) is 11.8. The Bertz CT molecular complexity index is 768. The Balaban J connectivity index is 2.79. The van der Waals surface area contributed by atoms with E-state index in [0.717, 1.165) is 0 Å². The molecule has 0 unspecified atom stereocenters. The van der Waals surface area contributed by atoms with Crippen molar-refractivity contribution in [3.63, 3.8) is 0 Å². The van der Waals surface area contributed by atoms with Gasteiger partial charge in [-0.25, -0.2) is 4.79 Å². The Morgan fingerprint density at radius 3 is 2.25 bits per heavy atom. The van der Waals surface area contributed by atoms with Crippen LogP contribution >= 0.6 is 0 Å². The molecule has 1 aromatic carbocycles. The molecule has 7 heteroatoms. The highest BCUT2D eigenvalue weighted by Gasteiger charge is 2.17. The summed E-state index contributed by atoms with van der Waals surface area (Å²) < 4.78 is 2.88. The maximum Gasteiger partial charge on any atom is 0.328 e. The number of rotatable bonds is 3. The highest BCUT2D eigenvalue weighted by molar-refractivity contribution is 5.83. The average molecular weight is 276 g/mol. The molecule has 0 amide bonds. The molecule has 0 saturated carbocycles. The second-order valence-corrected chi connectivity index (χ2v) is 4.84. The van der Waals surface area contributed by atoms with E-state index in [4.69, 9.17) is 0 Å². The second kappa shape index (κ2) is 4.84. The summed E-state index contributed by atoms with van der Waals surface area (Å²) in [5.41, 5.74) is 1.46. The first-order chi connectivity index (χ1) is 9.32. The predicted octanol–water partition coefficient (Wildman–Crippen LogP) is 1.32. The van der Waals surface area contributed by atoms with Crippen molar-refractivity contribution >= 4 is 22.8 Å². The molecule has 20 heavy (non-hydrogen) atoms. The summed E-state index contributed by atoms with van der Waals surface area (Å²) in [5.74, 6) is 0. The van der Waals surface area contributed by atoms with Crippen LogP contribution in [0, 0.1) is 10.1 Å². The molecule has 1 heterocycles. The van der Waals surface area contributed by atoms with E-state index in [1.54, 1.807) is 37.3 Å². The van der Waals surface area contributed by atoms with Gasteiger partial charge in [-0.05, 0) is 18.3 Å². The number of benzene rings is 1. The Kier molecular flexibility index (Phi) is 3.35. The van der Waals surface area contributed by atoms with Crippen LogP contribution in [0.3, 0.4) is 0 Å². The van der Waals surface area contributed by atoms with E-state index in [1.807, 2.05) is 14.1 Å². The van der Waals surface area contributed by atoms with Crippen molar-refractivity contribution in [1.29, 1.82) is 0 Å². The fourth-order valence-electron chi connectivity index (χ4n) is 2.07. The third-order valence-electron chi connectivity index (χ3n) is 3.17. The lowest BCUT2D eigenvalue weighted by atomic mass is 10.1. The number of hydrogen-bond donors (Lipinski definition) is 0. The van der Waals surface area contributed by atoms with E-state index in [2.05, 4.69) is 0 Å². The molecule has 0 radical (unpaired) electrons. The van der Waals surface area contributed by atoms with Gasteiger partial charge in [0, 0.05) is 34.3 Å². The molecule has 1 aromatic heterocycles. The molecule has 0 fully saturated rings. The van der Waals surface area contributed by atoms with Crippen molar-refractivity contribution in [2.75, 3.05) is 14.1 Å². The van der Waals surface area contributed by atoms with E-state index in [-0.39, 0.29) is 11.4 Å². The number of aromatic nitrogens is 2. The SMILES string of the molecule is CN(C)C=Cc1cc2c(cc1[N+](=O)[O-])n(C)c(=O)n2C. The Morgan fingerprint density at radius 2 is 1.75 bits per heavy atom. The summed E-state index contributed by atoms with van der Waals surface area (Å²) in [4.78, 5) is 24.4. The monoisotopic (exact) mass is 276 g/mol. The van der Waals surface area contributed by atoms with Crippen molar-refractivity contribution in [3.8, 4) is 0 Å². The van der Waals surface area contributed by atoms with Crippen LogP contribution in [0.4, 0.5) is 5.69 Å². The summed E-state index contributed by atoms with van der Waals surface area (Å²) >= 11 is 0. The number of fused-ring (bicyclic) bond motifs is 1. The van der Waals surface area contributed by atoms with Gasteiger partial charge in [-0.15, -0.1) is 0 Å². The van der Waals surface area contributed by atoms with Crippen LogP contribution < -0.4 is 5.69 Å². The summed E-state index contributed by atoms with van der Waals surface area (Å²) in [6.07, 6.45) is 3.39. The average Bonchev–Trinajstić information content (AvgIpc) is 2.60.